The lowest BCUT2D eigenvalue weighted by molar-refractivity contribution is 0.405. The highest BCUT2D eigenvalue weighted by Gasteiger charge is 2.19. The quantitative estimate of drug-likeness (QED) is 0.747. The Kier molecular flexibility index (Phi) is 2.59. The number of benzene rings is 1. The fourth-order valence-electron chi connectivity index (χ4n) is 1.92. The van der Waals surface area contributed by atoms with Crippen molar-refractivity contribution < 1.29 is 9.84 Å². The first kappa shape index (κ1) is 9.34. The lowest BCUT2D eigenvalue weighted by Crippen LogP contribution is -2.08. The maximum atomic E-state index is 9.78. The number of nitrogens with one attached hydrogen (secondary N) is 1. The van der Waals surface area contributed by atoms with Gasteiger partial charge >= 0.3 is 0 Å². The summed E-state index contributed by atoms with van der Waals surface area (Å²) in [7, 11) is 1.60. The van der Waals surface area contributed by atoms with E-state index in [1.54, 1.807) is 13.2 Å². The Morgan fingerprint density at radius 1 is 1.50 bits per heavy atom. The third-order valence-electron chi connectivity index (χ3n) is 2.74. The summed E-state index contributed by atoms with van der Waals surface area (Å²) >= 11 is 0. The number of hydrogen-bond acceptors (Lipinski definition) is 3. The number of hydrogen-bond donors (Lipinski definition) is 2. The summed E-state index contributed by atoms with van der Waals surface area (Å²) in [6.07, 6.45) is 1.10. The van der Waals surface area contributed by atoms with Crippen LogP contribution in [-0.2, 0) is 0 Å². The van der Waals surface area contributed by atoms with Gasteiger partial charge in [0.1, 0.15) is 11.5 Å². The summed E-state index contributed by atoms with van der Waals surface area (Å²) in [4.78, 5) is 0. The summed E-state index contributed by atoms with van der Waals surface area (Å²) in [5.74, 6) is 1.50. The number of phenols is 1. The van der Waals surface area contributed by atoms with Gasteiger partial charge in [0.05, 0.1) is 7.11 Å². The van der Waals surface area contributed by atoms with Crippen LogP contribution in [0.2, 0.25) is 0 Å². The van der Waals surface area contributed by atoms with E-state index in [0.29, 0.717) is 17.4 Å². The highest BCUT2D eigenvalue weighted by Crippen LogP contribution is 2.32. The molecule has 1 aliphatic rings. The van der Waals surface area contributed by atoms with Gasteiger partial charge in [-0.3, -0.25) is 0 Å². The maximum absolute atomic E-state index is 9.78. The molecule has 1 fully saturated rings. The van der Waals surface area contributed by atoms with Gasteiger partial charge in [0, 0.05) is 18.5 Å². The Labute approximate surface area is 83.7 Å². The number of methoxy groups -OCH3 is 1. The second-order valence-corrected chi connectivity index (χ2v) is 3.61. The molecule has 1 aromatic carbocycles. The molecule has 0 saturated carbocycles. The summed E-state index contributed by atoms with van der Waals surface area (Å²) in [6, 6.07) is 5.52. The molecule has 0 radical (unpaired) electrons. The van der Waals surface area contributed by atoms with Crippen molar-refractivity contribution in [2.75, 3.05) is 20.2 Å². The molecule has 0 unspecified atom stereocenters. The number of phenolic OH excluding ortho intramolecular Hbond substituents is 1. The van der Waals surface area contributed by atoms with Crippen LogP contribution in [0.5, 0.6) is 11.5 Å². The fourth-order valence-corrected chi connectivity index (χ4v) is 1.92. The normalized spacial score (nSPS) is 21.1. The Hall–Kier alpha value is -1.22. The molecule has 2 rings (SSSR count). The van der Waals surface area contributed by atoms with E-state index in [1.165, 1.54) is 0 Å². The molecule has 14 heavy (non-hydrogen) atoms. The Morgan fingerprint density at radius 3 is 2.93 bits per heavy atom. The molecule has 0 spiro atoms. The van der Waals surface area contributed by atoms with Gasteiger partial charge < -0.3 is 15.2 Å². The number of ether oxygens (including phenoxy) is 1. The first-order valence-corrected chi connectivity index (χ1v) is 4.89. The van der Waals surface area contributed by atoms with E-state index in [2.05, 4.69) is 5.32 Å². The summed E-state index contributed by atoms with van der Waals surface area (Å²) < 4.78 is 5.04. The molecule has 1 aromatic rings. The SMILES string of the molecule is COc1ccc([C@@H]2CCNC2)c(O)c1. The van der Waals surface area contributed by atoms with Crippen LogP contribution < -0.4 is 10.1 Å². The Bertz CT molecular complexity index is 319. The first-order valence-electron chi connectivity index (χ1n) is 4.89. The smallest absolute Gasteiger partial charge is 0.122 e. The molecule has 0 aliphatic carbocycles. The van der Waals surface area contributed by atoms with E-state index in [0.717, 1.165) is 25.1 Å². The van der Waals surface area contributed by atoms with Crippen molar-refractivity contribution in [3.8, 4) is 11.5 Å². The van der Waals surface area contributed by atoms with Gasteiger partial charge in [-0.05, 0) is 24.6 Å². The van der Waals surface area contributed by atoms with Gasteiger partial charge in [0.25, 0.3) is 0 Å². The van der Waals surface area contributed by atoms with Crippen LogP contribution in [0.1, 0.15) is 17.9 Å². The van der Waals surface area contributed by atoms with Gasteiger partial charge in [-0.1, -0.05) is 6.07 Å². The van der Waals surface area contributed by atoms with Crippen molar-refractivity contribution in [2.24, 2.45) is 0 Å². The molecule has 1 aliphatic heterocycles. The molecular weight excluding hydrogens is 178 g/mol. The highest BCUT2D eigenvalue weighted by molar-refractivity contribution is 5.42. The average Bonchev–Trinajstić information content (AvgIpc) is 2.70. The van der Waals surface area contributed by atoms with Crippen molar-refractivity contribution in [1.29, 1.82) is 0 Å². The van der Waals surface area contributed by atoms with Crippen LogP contribution in [0.25, 0.3) is 0 Å². The van der Waals surface area contributed by atoms with Gasteiger partial charge in [-0.2, -0.15) is 0 Å². The van der Waals surface area contributed by atoms with Crippen LogP contribution in [0.4, 0.5) is 0 Å². The van der Waals surface area contributed by atoms with E-state index in [-0.39, 0.29) is 0 Å². The van der Waals surface area contributed by atoms with Crippen molar-refractivity contribution in [3.63, 3.8) is 0 Å². The topological polar surface area (TPSA) is 41.5 Å². The fraction of sp³-hybridized carbons (Fsp3) is 0.455. The van der Waals surface area contributed by atoms with Crippen molar-refractivity contribution in [1.82, 2.24) is 5.32 Å². The molecule has 0 aromatic heterocycles. The molecule has 3 heteroatoms. The van der Waals surface area contributed by atoms with E-state index in [4.69, 9.17) is 4.74 Å². The minimum Gasteiger partial charge on any atom is -0.508 e. The second kappa shape index (κ2) is 3.88. The average molecular weight is 193 g/mol. The molecule has 1 saturated heterocycles. The largest absolute Gasteiger partial charge is 0.508 e. The lowest BCUT2D eigenvalue weighted by Gasteiger charge is -2.11. The van der Waals surface area contributed by atoms with Gasteiger partial charge in [-0.25, -0.2) is 0 Å². The predicted octanol–water partition coefficient (Wildman–Crippen LogP) is 1.48. The zero-order valence-electron chi connectivity index (χ0n) is 8.29. The Morgan fingerprint density at radius 2 is 2.36 bits per heavy atom. The predicted molar refractivity (Wildman–Crippen MR) is 54.9 cm³/mol. The van der Waals surface area contributed by atoms with E-state index < -0.39 is 0 Å². The Balaban J connectivity index is 2.25. The summed E-state index contributed by atoms with van der Waals surface area (Å²) in [5, 5.41) is 13.1. The zero-order valence-corrected chi connectivity index (χ0v) is 8.29. The van der Waals surface area contributed by atoms with Gasteiger partial charge in [-0.15, -0.1) is 0 Å². The van der Waals surface area contributed by atoms with Crippen molar-refractivity contribution >= 4 is 0 Å². The molecule has 76 valence electrons. The van der Waals surface area contributed by atoms with Crippen molar-refractivity contribution in [3.05, 3.63) is 23.8 Å². The van der Waals surface area contributed by atoms with Gasteiger partial charge in [0.15, 0.2) is 0 Å². The molecule has 0 amide bonds. The maximum Gasteiger partial charge on any atom is 0.122 e. The van der Waals surface area contributed by atoms with E-state index >= 15 is 0 Å². The van der Waals surface area contributed by atoms with Crippen molar-refractivity contribution in [2.45, 2.75) is 12.3 Å². The molecule has 1 atom stereocenters. The number of rotatable bonds is 2. The molecule has 2 N–H and O–H groups in total. The number of aromatic hydroxyl groups is 1. The van der Waals surface area contributed by atoms with Crippen LogP contribution in [0, 0.1) is 0 Å². The van der Waals surface area contributed by atoms with Crippen LogP contribution in [-0.4, -0.2) is 25.3 Å². The minimum atomic E-state index is 0.345. The third kappa shape index (κ3) is 1.68. The summed E-state index contributed by atoms with van der Waals surface area (Å²) in [6.45, 7) is 2.00. The van der Waals surface area contributed by atoms with E-state index in [9.17, 15) is 5.11 Å². The molecule has 3 nitrogen and oxygen atoms in total. The lowest BCUT2D eigenvalue weighted by atomic mass is 9.97. The van der Waals surface area contributed by atoms with Crippen LogP contribution in [0.3, 0.4) is 0 Å². The summed E-state index contributed by atoms with van der Waals surface area (Å²) in [5.41, 5.74) is 1.02. The second-order valence-electron chi connectivity index (χ2n) is 3.61. The van der Waals surface area contributed by atoms with E-state index in [1.807, 2.05) is 12.1 Å². The standard InChI is InChI=1S/C11H15NO2/c1-14-9-2-3-10(11(13)6-9)8-4-5-12-7-8/h2-3,6,8,12-13H,4-5,7H2,1H3/t8-/m1/s1. The zero-order chi connectivity index (χ0) is 9.97. The monoisotopic (exact) mass is 193 g/mol. The molecular formula is C11H15NO2. The molecule has 1 heterocycles. The molecule has 0 bridgehead atoms. The third-order valence-corrected chi connectivity index (χ3v) is 2.74. The van der Waals surface area contributed by atoms with Crippen LogP contribution >= 0.6 is 0 Å². The minimum absolute atomic E-state index is 0.345. The van der Waals surface area contributed by atoms with Crippen LogP contribution in [0.15, 0.2) is 18.2 Å². The van der Waals surface area contributed by atoms with Gasteiger partial charge in [0.2, 0.25) is 0 Å². The highest BCUT2D eigenvalue weighted by atomic mass is 16.5. The first-order chi connectivity index (χ1) is 6.81.